The zero-order valence-electron chi connectivity index (χ0n) is 10.8. The molecule has 0 fully saturated rings. The van der Waals surface area contributed by atoms with Crippen LogP contribution in [0.1, 0.15) is 29.4 Å². The molecular formula is C14H17N3O2. The number of anilines is 1. The van der Waals surface area contributed by atoms with Gasteiger partial charge in [-0.25, -0.2) is 4.79 Å². The summed E-state index contributed by atoms with van der Waals surface area (Å²) < 4.78 is 1.95. The molecule has 2 rings (SSSR count). The number of aromatic carboxylic acids is 1. The smallest absolute Gasteiger partial charge is 0.335 e. The van der Waals surface area contributed by atoms with Crippen molar-refractivity contribution in [3.05, 3.63) is 47.8 Å². The summed E-state index contributed by atoms with van der Waals surface area (Å²) in [5.74, 6) is -0.917. The molecule has 5 heteroatoms. The van der Waals surface area contributed by atoms with Crippen molar-refractivity contribution in [1.82, 2.24) is 9.78 Å². The van der Waals surface area contributed by atoms with Crippen molar-refractivity contribution in [2.75, 3.05) is 5.32 Å². The second-order valence-electron chi connectivity index (χ2n) is 4.29. The van der Waals surface area contributed by atoms with E-state index in [0.717, 1.165) is 24.3 Å². The first-order chi connectivity index (χ1) is 9.20. The summed E-state index contributed by atoms with van der Waals surface area (Å²) in [7, 11) is 0. The van der Waals surface area contributed by atoms with Gasteiger partial charge in [-0.2, -0.15) is 5.10 Å². The van der Waals surface area contributed by atoms with E-state index in [1.54, 1.807) is 24.4 Å². The van der Waals surface area contributed by atoms with Crippen molar-refractivity contribution in [2.24, 2.45) is 0 Å². The van der Waals surface area contributed by atoms with Gasteiger partial charge < -0.3 is 10.4 Å². The molecule has 0 atom stereocenters. The molecule has 5 nitrogen and oxygen atoms in total. The van der Waals surface area contributed by atoms with Crippen molar-refractivity contribution in [3.63, 3.8) is 0 Å². The molecule has 0 spiro atoms. The third-order valence-corrected chi connectivity index (χ3v) is 2.82. The molecule has 1 aromatic carbocycles. The van der Waals surface area contributed by atoms with Crippen molar-refractivity contribution in [2.45, 2.75) is 26.4 Å². The van der Waals surface area contributed by atoms with Crippen LogP contribution in [0.25, 0.3) is 0 Å². The Hall–Kier alpha value is -2.30. The number of carboxylic acids is 1. The topological polar surface area (TPSA) is 67.2 Å². The lowest BCUT2D eigenvalue weighted by Gasteiger charge is -2.09. The van der Waals surface area contributed by atoms with Crippen LogP contribution in [0.4, 0.5) is 5.69 Å². The fourth-order valence-electron chi connectivity index (χ4n) is 1.88. The quantitative estimate of drug-likeness (QED) is 0.836. The number of aromatic nitrogens is 2. The Morgan fingerprint density at radius 2 is 2.26 bits per heavy atom. The first-order valence-electron chi connectivity index (χ1n) is 6.28. The number of hydrogen-bond acceptors (Lipinski definition) is 3. The molecule has 100 valence electrons. The minimum atomic E-state index is -0.917. The van der Waals surface area contributed by atoms with Crippen LogP contribution in [0.3, 0.4) is 0 Å². The summed E-state index contributed by atoms with van der Waals surface area (Å²) in [5, 5.41) is 16.4. The summed E-state index contributed by atoms with van der Waals surface area (Å²) in [5.41, 5.74) is 2.17. The zero-order chi connectivity index (χ0) is 13.7. The summed E-state index contributed by atoms with van der Waals surface area (Å²) in [6.45, 7) is 3.62. The Bertz CT molecular complexity index is 563. The number of carbonyl (C=O) groups is 1. The second-order valence-corrected chi connectivity index (χ2v) is 4.29. The van der Waals surface area contributed by atoms with E-state index in [1.807, 2.05) is 16.8 Å². The second kappa shape index (κ2) is 6.04. The average molecular weight is 259 g/mol. The van der Waals surface area contributed by atoms with Gasteiger partial charge in [0, 0.05) is 18.4 Å². The Balaban J connectivity index is 2.04. The Morgan fingerprint density at radius 1 is 1.42 bits per heavy atom. The molecule has 2 aromatic rings. The van der Waals surface area contributed by atoms with E-state index in [-0.39, 0.29) is 5.56 Å². The van der Waals surface area contributed by atoms with E-state index in [2.05, 4.69) is 17.3 Å². The van der Waals surface area contributed by atoms with E-state index >= 15 is 0 Å². The highest BCUT2D eigenvalue weighted by molar-refractivity contribution is 5.88. The van der Waals surface area contributed by atoms with Crippen LogP contribution >= 0.6 is 0 Å². The minimum absolute atomic E-state index is 0.284. The number of carboxylic acid groups (broad SMARTS) is 1. The molecule has 19 heavy (non-hydrogen) atoms. The van der Waals surface area contributed by atoms with Gasteiger partial charge in [0.1, 0.15) is 0 Å². The highest BCUT2D eigenvalue weighted by Crippen LogP contribution is 2.12. The SMILES string of the molecule is CCCn1nccc1CNc1cccc(C(=O)O)c1. The molecule has 0 amide bonds. The van der Waals surface area contributed by atoms with Gasteiger partial charge in [-0.05, 0) is 30.7 Å². The highest BCUT2D eigenvalue weighted by atomic mass is 16.4. The minimum Gasteiger partial charge on any atom is -0.478 e. The highest BCUT2D eigenvalue weighted by Gasteiger charge is 2.04. The van der Waals surface area contributed by atoms with Gasteiger partial charge in [0.15, 0.2) is 0 Å². The van der Waals surface area contributed by atoms with Crippen LogP contribution in [0, 0.1) is 0 Å². The summed E-state index contributed by atoms with van der Waals surface area (Å²) in [6, 6.07) is 8.75. The molecule has 0 unspecified atom stereocenters. The maximum Gasteiger partial charge on any atom is 0.335 e. The largest absolute Gasteiger partial charge is 0.478 e. The molecule has 0 aliphatic heterocycles. The van der Waals surface area contributed by atoms with Crippen LogP contribution in [-0.4, -0.2) is 20.9 Å². The number of benzene rings is 1. The first kappa shape index (κ1) is 13.1. The fourth-order valence-corrected chi connectivity index (χ4v) is 1.88. The van der Waals surface area contributed by atoms with Gasteiger partial charge in [0.25, 0.3) is 0 Å². The monoisotopic (exact) mass is 259 g/mol. The lowest BCUT2D eigenvalue weighted by atomic mass is 10.2. The zero-order valence-corrected chi connectivity index (χ0v) is 10.8. The molecule has 1 aromatic heterocycles. The van der Waals surface area contributed by atoms with Gasteiger partial charge in [-0.3, -0.25) is 4.68 Å². The molecule has 0 radical (unpaired) electrons. The summed E-state index contributed by atoms with van der Waals surface area (Å²) >= 11 is 0. The first-order valence-corrected chi connectivity index (χ1v) is 6.28. The van der Waals surface area contributed by atoms with E-state index in [0.29, 0.717) is 6.54 Å². The third kappa shape index (κ3) is 3.34. The van der Waals surface area contributed by atoms with Crippen molar-refractivity contribution in [1.29, 1.82) is 0 Å². The lowest BCUT2D eigenvalue weighted by Crippen LogP contribution is -2.09. The van der Waals surface area contributed by atoms with E-state index in [1.165, 1.54) is 0 Å². The number of rotatable bonds is 6. The summed E-state index contributed by atoms with van der Waals surface area (Å²) in [6.07, 6.45) is 2.81. The molecule has 0 saturated carbocycles. The fraction of sp³-hybridized carbons (Fsp3) is 0.286. The van der Waals surface area contributed by atoms with Gasteiger partial charge in [0.05, 0.1) is 17.8 Å². The average Bonchev–Trinajstić information content (AvgIpc) is 2.85. The Kier molecular flexibility index (Phi) is 4.18. The van der Waals surface area contributed by atoms with E-state index in [4.69, 9.17) is 5.11 Å². The van der Waals surface area contributed by atoms with E-state index in [9.17, 15) is 4.79 Å². The van der Waals surface area contributed by atoms with Crippen molar-refractivity contribution >= 4 is 11.7 Å². The van der Waals surface area contributed by atoms with Gasteiger partial charge in [0.2, 0.25) is 0 Å². The molecule has 0 saturated heterocycles. The van der Waals surface area contributed by atoms with Crippen LogP contribution in [-0.2, 0) is 13.1 Å². The van der Waals surface area contributed by atoms with Gasteiger partial charge >= 0.3 is 5.97 Å². The third-order valence-electron chi connectivity index (χ3n) is 2.82. The van der Waals surface area contributed by atoms with Crippen LogP contribution in [0.2, 0.25) is 0 Å². The normalized spacial score (nSPS) is 10.4. The predicted molar refractivity (Wildman–Crippen MR) is 73.2 cm³/mol. The van der Waals surface area contributed by atoms with Crippen LogP contribution in [0.15, 0.2) is 36.5 Å². The molecular weight excluding hydrogens is 242 g/mol. The summed E-state index contributed by atoms with van der Waals surface area (Å²) in [4.78, 5) is 10.9. The number of aryl methyl sites for hydroxylation is 1. The van der Waals surface area contributed by atoms with Crippen LogP contribution < -0.4 is 5.32 Å². The molecule has 0 bridgehead atoms. The lowest BCUT2D eigenvalue weighted by molar-refractivity contribution is 0.0697. The molecule has 1 heterocycles. The number of nitrogens with one attached hydrogen (secondary N) is 1. The van der Waals surface area contributed by atoms with Crippen molar-refractivity contribution in [3.8, 4) is 0 Å². The van der Waals surface area contributed by atoms with Gasteiger partial charge in [-0.1, -0.05) is 13.0 Å². The number of nitrogens with zero attached hydrogens (tertiary/aromatic N) is 2. The predicted octanol–water partition coefficient (Wildman–Crippen LogP) is 2.60. The van der Waals surface area contributed by atoms with E-state index < -0.39 is 5.97 Å². The molecule has 0 aliphatic carbocycles. The maximum atomic E-state index is 10.9. The standard InChI is InChI=1S/C14H17N3O2/c1-2-8-17-13(6-7-16-17)10-15-12-5-3-4-11(9-12)14(18)19/h3-7,9,15H,2,8,10H2,1H3,(H,18,19). The molecule has 0 aliphatic rings. The number of hydrogen-bond donors (Lipinski definition) is 2. The van der Waals surface area contributed by atoms with Crippen LogP contribution in [0.5, 0.6) is 0 Å². The van der Waals surface area contributed by atoms with Gasteiger partial charge in [-0.15, -0.1) is 0 Å². The Morgan fingerprint density at radius 3 is 3.00 bits per heavy atom. The van der Waals surface area contributed by atoms with Crippen molar-refractivity contribution < 1.29 is 9.90 Å². The molecule has 2 N–H and O–H groups in total. The maximum absolute atomic E-state index is 10.9. The Labute approximate surface area is 111 Å².